The van der Waals surface area contributed by atoms with Crippen molar-refractivity contribution in [3.63, 3.8) is 0 Å². The molecule has 3 nitrogen and oxygen atoms in total. The topological polar surface area (TPSA) is 46.5 Å². The van der Waals surface area contributed by atoms with Crippen LogP contribution in [0, 0.1) is 6.92 Å². The van der Waals surface area contributed by atoms with Gasteiger partial charge in [-0.25, -0.2) is 4.79 Å². The number of halogens is 2. The average Bonchev–Trinajstić information content (AvgIpc) is 3.26. The van der Waals surface area contributed by atoms with Crippen molar-refractivity contribution in [3.8, 4) is 5.75 Å². The highest BCUT2D eigenvalue weighted by molar-refractivity contribution is 9.11. The van der Waals surface area contributed by atoms with Gasteiger partial charge in [-0.1, -0.05) is 6.08 Å². The van der Waals surface area contributed by atoms with Gasteiger partial charge < -0.3 is 9.84 Å². The Kier molecular flexibility index (Phi) is 7.82. The molecule has 0 fully saturated rings. The molecule has 0 unspecified atom stereocenters. The van der Waals surface area contributed by atoms with Crippen LogP contribution in [0.1, 0.15) is 15.3 Å². The number of ether oxygens (including phenoxy) is 1. The molecule has 2 aromatic heterocycles. The molecule has 1 aromatic carbocycles. The summed E-state index contributed by atoms with van der Waals surface area (Å²) in [6.45, 7) is 1.60. The summed E-state index contributed by atoms with van der Waals surface area (Å²) in [5, 5.41) is 8.74. The molecule has 8 heteroatoms. The first-order valence-corrected chi connectivity index (χ1v) is 12.4. The SMILES string of the molecule is Cc1cc(SCC=C(c2ccc(Br)s2)c2ccc(Br)s2)ccc1OCC(=O)O. The van der Waals surface area contributed by atoms with Crippen molar-refractivity contribution in [1.82, 2.24) is 0 Å². The van der Waals surface area contributed by atoms with Crippen LogP contribution in [0.5, 0.6) is 5.75 Å². The third kappa shape index (κ3) is 5.97. The van der Waals surface area contributed by atoms with E-state index in [4.69, 9.17) is 9.84 Å². The quantitative estimate of drug-likeness (QED) is 0.293. The van der Waals surface area contributed by atoms with Crippen molar-refractivity contribution in [2.75, 3.05) is 12.4 Å². The van der Waals surface area contributed by atoms with Gasteiger partial charge in [0.2, 0.25) is 0 Å². The van der Waals surface area contributed by atoms with Gasteiger partial charge >= 0.3 is 5.97 Å². The number of aryl methyl sites for hydroxylation is 1. The van der Waals surface area contributed by atoms with E-state index in [-0.39, 0.29) is 6.61 Å². The minimum atomic E-state index is -0.976. The summed E-state index contributed by atoms with van der Waals surface area (Å²) in [4.78, 5) is 14.2. The molecule has 3 aromatic rings. The second kappa shape index (κ2) is 10.1. The molecule has 0 aliphatic carbocycles. The third-order valence-corrected chi connectivity index (χ3v) is 7.95. The summed E-state index contributed by atoms with van der Waals surface area (Å²) in [5.74, 6) is 0.459. The molecular weight excluding hydrogens is 544 g/mol. The normalized spacial score (nSPS) is 10.7. The molecule has 28 heavy (non-hydrogen) atoms. The number of carboxylic acids is 1. The van der Waals surface area contributed by atoms with E-state index in [0.29, 0.717) is 5.75 Å². The summed E-state index contributed by atoms with van der Waals surface area (Å²) in [6.07, 6.45) is 2.26. The number of benzene rings is 1. The first-order chi connectivity index (χ1) is 13.4. The van der Waals surface area contributed by atoms with Crippen molar-refractivity contribution < 1.29 is 14.6 Å². The lowest BCUT2D eigenvalue weighted by atomic mass is 10.2. The maximum Gasteiger partial charge on any atom is 0.341 e. The molecule has 3 rings (SSSR count). The summed E-state index contributed by atoms with van der Waals surface area (Å²) < 4.78 is 7.52. The number of carbonyl (C=O) groups is 1. The molecule has 0 radical (unpaired) electrons. The highest BCUT2D eigenvalue weighted by atomic mass is 79.9. The van der Waals surface area contributed by atoms with E-state index in [1.54, 1.807) is 34.4 Å². The van der Waals surface area contributed by atoms with Gasteiger partial charge in [0.25, 0.3) is 0 Å². The fourth-order valence-corrected chi connectivity index (χ4v) is 6.29. The van der Waals surface area contributed by atoms with Crippen LogP contribution < -0.4 is 4.74 Å². The Bertz CT molecular complexity index is 966. The fraction of sp³-hybridized carbons (Fsp3) is 0.150. The van der Waals surface area contributed by atoms with Crippen LogP contribution in [-0.2, 0) is 4.79 Å². The van der Waals surface area contributed by atoms with Crippen molar-refractivity contribution in [1.29, 1.82) is 0 Å². The molecule has 0 bridgehead atoms. The van der Waals surface area contributed by atoms with Crippen LogP contribution in [0.3, 0.4) is 0 Å². The van der Waals surface area contributed by atoms with Gasteiger partial charge in [-0.05, 0) is 86.8 Å². The van der Waals surface area contributed by atoms with E-state index < -0.39 is 5.97 Å². The largest absolute Gasteiger partial charge is 0.482 e. The number of carboxylic acid groups (broad SMARTS) is 1. The number of hydrogen-bond donors (Lipinski definition) is 1. The summed E-state index contributed by atoms with van der Waals surface area (Å²) in [5.41, 5.74) is 2.16. The molecule has 1 N–H and O–H groups in total. The number of thiophene rings is 2. The van der Waals surface area contributed by atoms with Gasteiger partial charge in [0.15, 0.2) is 6.61 Å². The first kappa shape index (κ1) is 21.6. The van der Waals surface area contributed by atoms with Crippen molar-refractivity contribution in [2.45, 2.75) is 11.8 Å². The van der Waals surface area contributed by atoms with Gasteiger partial charge in [-0.2, -0.15) is 0 Å². The Labute approximate surface area is 192 Å². The zero-order valence-electron chi connectivity index (χ0n) is 14.8. The predicted octanol–water partition coefficient (Wildman–Crippen LogP) is 7.33. The lowest BCUT2D eigenvalue weighted by molar-refractivity contribution is -0.139. The summed E-state index contributed by atoms with van der Waals surface area (Å²) in [6, 6.07) is 14.2. The van der Waals surface area contributed by atoms with Gasteiger partial charge in [0.05, 0.1) is 7.57 Å². The molecule has 0 amide bonds. The summed E-state index contributed by atoms with van der Waals surface area (Å²) in [7, 11) is 0. The van der Waals surface area contributed by atoms with Crippen molar-refractivity contribution in [3.05, 3.63) is 71.4 Å². The highest BCUT2D eigenvalue weighted by Gasteiger charge is 2.11. The minimum Gasteiger partial charge on any atom is -0.482 e. The second-order valence-electron chi connectivity index (χ2n) is 5.75. The van der Waals surface area contributed by atoms with E-state index >= 15 is 0 Å². The Morgan fingerprint density at radius 2 is 1.75 bits per heavy atom. The van der Waals surface area contributed by atoms with Crippen LogP contribution >= 0.6 is 66.3 Å². The van der Waals surface area contributed by atoms with Crippen LogP contribution in [0.15, 0.2) is 61.0 Å². The molecular formula is C20H16Br2O3S3. The Hall–Kier alpha value is -1.06. The van der Waals surface area contributed by atoms with Crippen LogP contribution in [-0.4, -0.2) is 23.4 Å². The zero-order chi connectivity index (χ0) is 20.1. The number of aliphatic carboxylic acids is 1. The summed E-state index contributed by atoms with van der Waals surface area (Å²) >= 11 is 12.3. The van der Waals surface area contributed by atoms with Crippen molar-refractivity contribution >= 4 is 77.8 Å². The first-order valence-electron chi connectivity index (χ1n) is 8.22. The van der Waals surface area contributed by atoms with E-state index in [0.717, 1.165) is 23.8 Å². The van der Waals surface area contributed by atoms with E-state index in [2.05, 4.69) is 62.2 Å². The monoisotopic (exact) mass is 558 g/mol. The van der Waals surface area contributed by atoms with Crippen molar-refractivity contribution in [2.24, 2.45) is 0 Å². The molecule has 0 aliphatic rings. The Balaban J connectivity index is 1.73. The molecule has 0 saturated carbocycles. The van der Waals surface area contributed by atoms with Gasteiger partial charge in [0, 0.05) is 26.0 Å². The van der Waals surface area contributed by atoms with Gasteiger partial charge in [0.1, 0.15) is 5.75 Å². The molecule has 0 aliphatic heterocycles. The van der Waals surface area contributed by atoms with Gasteiger partial charge in [-0.15, -0.1) is 34.4 Å². The predicted molar refractivity (Wildman–Crippen MR) is 126 cm³/mol. The molecule has 0 spiro atoms. The fourth-order valence-electron chi connectivity index (χ4n) is 2.48. The number of thioether (sulfide) groups is 1. The molecule has 0 saturated heterocycles. The standard InChI is InChI=1S/C20H16Br2O3S3/c1-12-10-13(2-3-15(12)25-11-20(23)24)26-9-8-14(16-4-6-18(21)27-16)17-5-7-19(22)28-17/h2-8,10H,9,11H2,1H3,(H,23,24). The van der Waals surface area contributed by atoms with Crippen LogP contribution in [0.25, 0.3) is 5.57 Å². The maximum atomic E-state index is 10.7. The highest BCUT2D eigenvalue weighted by Crippen LogP contribution is 2.37. The molecule has 2 heterocycles. The number of hydrogen-bond acceptors (Lipinski definition) is 5. The molecule has 146 valence electrons. The average molecular weight is 560 g/mol. The van der Waals surface area contributed by atoms with Crippen LogP contribution in [0.2, 0.25) is 0 Å². The Morgan fingerprint density at radius 1 is 1.11 bits per heavy atom. The second-order valence-corrected chi connectivity index (χ2v) is 11.8. The third-order valence-electron chi connectivity index (χ3n) is 3.71. The number of rotatable bonds is 8. The van der Waals surface area contributed by atoms with Gasteiger partial charge in [-0.3, -0.25) is 0 Å². The zero-order valence-corrected chi connectivity index (χ0v) is 20.4. The van der Waals surface area contributed by atoms with E-state index in [9.17, 15) is 4.79 Å². The van der Waals surface area contributed by atoms with Crippen LogP contribution in [0.4, 0.5) is 0 Å². The Morgan fingerprint density at radius 3 is 2.25 bits per heavy atom. The smallest absolute Gasteiger partial charge is 0.341 e. The molecule has 0 atom stereocenters. The lowest BCUT2D eigenvalue weighted by Gasteiger charge is -2.09. The maximum absolute atomic E-state index is 10.7. The van der Waals surface area contributed by atoms with E-state index in [1.807, 2.05) is 25.1 Å². The van der Waals surface area contributed by atoms with E-state index in [1.165, 1.54) is 15.3 Å². The minimum absolute atomic E-state index is 0.327. The lowest BCUT2D eigenvalue weighted by Crippen LogP contribution is -2.09.